The molecule has 2 heteroatoms. The third-order valence-corrected chi connectivity index (χ3v) is 4.74. The zero-order chi connectivity index (χ0) is 11.5. The van der Waals surface area contributed by atoms with E-state index >= 15 is 0 Å². The molecule has 0 radical (unpaired) electrons. The molecule has 3 fully saturated rings. The van der Waals surface area contributed by atoms with Gasteiger partial charge in [-0.2, -0.15) is 0 Å². The molecule has 3 saturated carbocycles. The smallest absolute Gasteiger partial charge is 0.0110 e. The zero-order valence-electron chi connectivity index (χ0n) is 11.2. The van der Waals surface area contributed by atoms with Gasteiger partial charge in [-0.15, -0.1) is 0 Å². The van der Waals surface area contributed by atoms with E-state index in [0.717, 1.165) is 17.9 Å². The van der Waals surface area contributed by atoms with Crippen molar-refractivity contribution in [1.82, 2.24) is 10.2 Å². The molecule has 3 aliphatic rings. The molecule has 0 spiro atoms. The molecule has 0 aromatic heterocycles. The van der Waals surface area contributed by atoms with Gasteiger partial charge in [0.15, 0.2) is 0 Å². The molecule has 1 N–H and O–H groups in total. The summed E-state index contributed by atoms with van der Waals surface area (Å²) < 4.78 is 0. The molecular formula is C15H28N2. The quantitative estimate of drug-likeness (QED) is 0.652. The van der Waals surface area contributed by atoms with Gasteiger partial charge in [0.2, 0.25) is 0 Å². The Morgan fingerprint density at radius 1 is 0.882 bits per heavy atom. The summed E-state index contributed by atoms with van der Waals surface area (Å²) in [7, 11) is 0. The van der Waals surface area contributed by atoms with Crippen LogP contribution in [0.4, 0.5) is 0 Å². The number of hydrogen-bond acceptors (Lipinski definition) is 2. The van der Waals surface area contributed by atoms with E-state index in [-0.39, 0.29) is 0 Å². The second kappa shape index (κ2) is 5.71. The van der Waals surface area contributed by atoms with E-state index in [0.29, 0.717) is 0 Å². The maximum atomic E-state index is 3.69. The van der Waals surface area contributed by atoms with Gasteiger partial charge in [0.1, 0.15) is 0 Å². The van der Waals surface area contributed by atoms with Crippen LogP contribution in [0.5, 0.6) is 0 Å². The van der Waals surface area contributed by atoms with Gasteiger partial charge >= 0.3 is 0 Å². The van der Waals surface area contributed by atoms with Gasteiger partial charge in [-0.05, 0) is 56.9 Å². The number of nitrogens with one attached hydrogen (secondary N) is 1. The molecule has 2 nitrogen and oxygen atoms in total. The van der Waals surface area contributed by atoms with Crippen LogP contribution in [-0.2, 0) is 0 Å². The lowest BCUT2D eigenvalue weighted by Crippen LogP contribution is -2.36. The van der Waals surface area contributed by atoms with Crippen LogP contribution in [0.25, 0.3) is 0 Å². The second-order valence-electron chi connectivity index (χ2n) is 6.52. The molecule has 0 saturated heterocycles. The Balaban J connectivity index is 1.28. The average Bonchev–Trinajstić information content (AvgIpc) is 3.24. The van der Waals surface area contributed by atoms with Crippen molar-refractivity contribution < 1.29 is 0 Å². The van der Waals surface area contributed by atoms with E-state index in [1.54, 1.807) is 0 Å². The van der Waals surface area contributed by atoms with Crippen molar-refractivity contribution in [1.29, 1.82) is 0 Å². The summed E-state index contributed by atoms with van der Waals surface area (Å²) in [4.78, 5) is 2.76. The van der Waals surface area contributed by atoms with Crippen LogP contribution in [0.1, 0.15) is 51.4 Å². The van der Waals surface area contributed by atoms with E-state index in [4.69, 9.17) is 0 Å². The lowest BCUT2D eigenvalue weighted by Gasteiger charge is -2.22. The fourth-order valence-corrected chi connectivity index (χ4v) is 3.24. The fraction of sp³-hybridized carbons (Fsp3) is 1.00. The Hall–Kier alpha value is -0.0800. The molecule has 0 amide bonds. The zero-order valence-corrected chi connectivity index (χ0v) is 11.2. The van der Waals surface area contributed by atoms with Gasteiger partial charge in [0.05, 0.1) is 0 Å². The summed E-state index contributed by atoms with van der Waals surface area (Å²) in [5, 5.41) is 3.69. The van der Waals surface area contributed by atoms with Crippen molar-refractivity contribution in [3.63, 3.8) is 0 Å². The van der Waals surface area contributed by atoms with Gasteiger partial charge < -0.3 is 5.32 Å². The Morgan fingerprint density at radius 2 is 1.65 bits per heavy atom. The SMILES string of the molecule is C1CCC(CNCCN(CC2CC2)C2CC2)C1. The molecule has 3 aliphatic carbocycles. The van der Waals surface area contributed by atoms with Crippen molar-refractivity contribution in [2.45, 2.75) is 57.4 Å². The minimum atomic E-state index is 0.962. The standard InChI is InChI=1S/C15H28N2/c1-2-4-13(3-1)11-16-9-10-17(15-7-8-15)12-14-5-6-14/h13-16H,1-12H2. The Labute approximate surface area is 106 Å². The van der Waals surface area contributed by atoms with Gasteiger partial charge in [-0.3, -0.25) is 4.90 Å². The lowest BCUT2D eigenvalue weighted by atomic mass is 10.1. The van der Waals surface area contributed by atoms with E-state index in [1.165, 1.54) is 77.5 Å². The largest absolute Gasteiger partial charge is 0.315 e. The summed E-state index contributed by atoms with van der Waals surface area (Å²) in [5.74, 6) is 2.05. The van der Waals surface area contributed by atoms with Crippen molar-refractivity contribution in [2.75, 3.05) is 26.2 Å². The highest BCUT2D eigenvalue weighted by atomic mass is 15.2. The van der Waals surface area contributed by atoms with Crippen LogP contribution < -0.4 is 5.32 Å². The van der Waals surface area contributed by atoms with Crippen LogP contribution in [0, 0.1) is 11.8 Å². The summed E-state index contributed by atoms with van der Waals surface area (Å²) in [6.07, 6.45) is 11.8. The highest BCUT2D eigenvalue weighted by Crippen LogP contribution is 2.34. The van der Waals surface area contributed by atoms with Gasteiger partial charge in [-0.1, -0.05) is 12.8 Å². The van der Waals surface area contributed by atoms with Crippen LogP contribution in [0.15, 0.2) is 0 Å². The maximum absolute atomic E-state index is 3.69. The minimum absolute atomic E-state index is 0.962. The van der Waals surface area contributed by atoms with Crippen molar-refractivity contribution in [3.8, 4) is 0 Å². The van der Waals surface area contributed by atoms with Crippen LogP contribution >= 0.6 is 0 Å². The molecule has 0 bridgehead atoms. The summed E-state index contributed by atoms with van der Waals surface area (Å²) in [6, 6.07) is 0.962. The normalized spacial score (nSPS) is 25.9. The molecule has 0 atom stereocenters. The molecule has 0 aromatic rings. The van der Waals surface area contributed by atoms with E-state index < -0.39 is 0 Å². The maximum Gasteiger partial charge on any atom is 0.0110 e. The molecule has 0 heterocycles. The lowest BCUT2D eigenvalue weighted by molar-refractivity contribution is 0.250. The van der Waals surface area contributed by atoms with Gasteiger partial charge in [0, 0.05) is 25.7 Å². The van der Waals surface area contributed by atoms with Crippen LogP contribution in [0.3, 0.4) is 0 Å². The first-order chi connectivity index (χ1) is 8.42. The minimum Gasteiger partial charge on any atom is -0.315 e. The first-order valence-electron chi connectivity index (χ1n) is 7.86. The first kappa shape index (κ1) is 12.0. The molecule has 98 valence electrons. The Bertz CT molecular complexity index is 227. The summed E-state index contributed by atoms with van der Waals surface area (Å²) in [5.41, 5.74) is 0. The molecule has 0 aliphatic heterocycles. The van der Waals surface area contributed by atoms with E-state index in [9.17, 15) is 0 Å². The van der Waals surface area contributed by atoms with Crippen molar-refractivity contribution in [2.24, 2.45) is 11.8 Å². The average molecular weight is 236 g/mol. The van der Waals surface area contributed by atoms with Crippen molar-refractivity contribution in [3.05, 3.63) is 0 Å². The second-order valence-corrected chi connectivity index (χ2v) is 6.52. The highest BCUT2D eigenvalue weighted by molar-refractivity contribution is 4.88. The van der Waals surface area contributed by atoms with Crippen LogP contribution in [0.2, 0.25) is 0 Å². The van der Waals surface area contributed by atoms with E-state index in [2.05, 4.69) is 10.2 Å². The van der Waals surface area contributed by atoms with Gasteiger partial charge in [-0.25, -0.2) is 0 Å². The topological polar surface area (TPSA) is 15.3 Å². The molecule has 0 unspecified atom stereocenters. The number of rotatable bonds is 8. The Morgan fingerprint density at radius 3 is 2.29 bits per heavy atom. The molecule has 17 heavy (non-hydrogen) atoms. The number of nitrogens with zero attached hydrogens (tertiary/aromatic N) is 1. The van der Waals surface area contributed by atoms with Crippen molar-refractivity contribution >= 4 is 0 Å². The highest BCUT2D eigenvalue weighted by Gasteiger charge is 2.33. The third kappa shape index (κ3) is 3.96. The molecule has 0 aromatic carbocycles. The van der Waals surface area contributed by atoms with Crippen LogP contribution in [-0.4, -0.2) is 37.1 Å². The fourth-order valence-electron chi connectivity index (χ4n) is 3.24. The summed E-state index contributed by atoms with van der Waals surface area (Å²) >= 11 is 0. The Kier molecular flexibility index (Phi) is 4.02. The summed E-state index contributed by atoms with van der Waals surface area (Å²) in [6.45, 7) is 5.20. The number of hydrogen-bond donors (Lipinski definition) is 1. The predicted octanol–water partition coefficient (Wildman–Crippen LogP) is 2.64. The first-order valence-corrected chi connectivity index (χ1v) is 7.86. The van der Waals surface area contributed by atoms with E-state index in [1.807, 2.05) is 0 Å². The molecular weight excluding hydrogens is 208 g/mol. The third-order valence-electron chi connectivity index (χ3n) is 4.74. The predicted molar refractivity (Wildman–Crippen MR) is 72.1 cm³/mol. The monoisotopic (exact) mass is 236 g/mol. The molecule has 3 rings (SSSR count). The van der Waals surface area contributed by atoms with Gasteiger partial charge in [0.25, 0.3) is 0 Å².